The van der Waals surface area contributed by atoms with Crippen molar-refractivity contribution in [2.24, 2.45) is 11.8 Å². The van der Waals surface area contributed by atoms with Gasteiger partial charge in [-0.2, -0.15) is 0 Å². The monoisotopic (exact) mass is 153 g/mol. The molecule has 0 heterocycles. The highest BCUT2D eigenvalue weighted by molar-refractivity contribution is 4.88. The van der Waals surface area contributed by atoms with Crippen molar-refractivity contribution in [2.45, 2.75) is 32.7 Å². The Balaban J connectivity index is 2.04. The first-order valence-electron chi connectivity index (χ1n) is 4.58. The van der Waals surface area contributed by atoms with Gasteiger partial charge in [0.25, 0.3) is 0 Å². The second-order valence-corrected chi connectivity index (χ2v) is 3.87. The van der Waals surface area contributed by atoms with Gasteiger partial charge in [0.1, 0.15) is 0 Å². The van der Waals surface area contributed by atoms with Crippen LogP contribution < -0.4 is 5.32 Å². The van der Waals surface area contributed by atoms with Crippen LogP contribution in [0.2, 0.25) is 0 Å². The normalized spacial score (nSPS) is 30.1. The Morgan fingerprint density at radius 3 is 2.64 bits per heavy atom. The van der Waals surface area contributed by atoms with Crippen molar-refractivity contribution in [3.63, 3.8) is 0 Å². The van der Waals surface area contributed by atoms with Gasteiger partial charge in [0.15, 0.2) is 0 Å². The van der Waals surface area contributed by atoms with E-state index in [1.165, 1.54) is 12.8 Å². The molecule has 64 valence electrons. The first-order chi connectivity index (χ1) is 5.24. The molecule has 1 nitrogen and oxygen atoms in total. The van der Waals surface area contributed by atoms with Crippen molar-refractivity contribution in [1.82, 2.24) is 5.32 Å². The first kappa shape index (κ1) is 8.79. The van der Waals surface area contributed by atoms with E-state index in [1.54, 1.807) is 0 Å². The molecule has 0 bridgehead atoms. The fourth-order valence-corrected chi connectivity index (χ4v) is 1.62. The molecular formula is C10H19N. The van der Waals surface area contributed by atoms with Crippen molar-refractivity contribution in [3.8, 4) is 0 Å². The minimum absolute atomic E-state index is 0.778. The summed E-state index contributed by atoms with van der Waals surface area (Å²) in [5.41, 5.74) is 0. The minimum Gasteiger partial charge on any atom is -0.311 e. The summed E-state index contributed by atoms with van der Waals surface area (Å²) in [5.74, 6) is 1.84. The number of rotatable bonds is 4. The van der Waals surface area contributed by atoms with Gasteiger partial charge in [-0.05, 0) is 24.7 Å². The topological polar surface area (TPSA) is 12.0 Å². The summed E-state index contributed by atoms with van der Waals surface area (Å²) in [6.07, 6.45) is 4.67. The predicted molar refractivity (Wildman–Crippen MR) is 49.5 cm³/mol. The quantitative estimate of drug-likeness (QED) is 0.610. The van der Waals surface area contributed by atoms with Crippen molar-refractivity contribution >= 4 is 0 Å². The molecule has 0 aromatic carbocycles. The summed E-state index contributed by atoms with van der Waals surface area (Å²) in [4.78, 5) is 0. The fraction of sp³-hybridized carbons (Fsp3) is 0.800. The summed E-state index contributed by atoms with van der Waals surface area (Å²) >= 11 is 0. The molecule has 0 amide bonds. The smallest absolute Gasteiger partial charge is 0.0134 e. The Morgan fingerprint density at radius 1 is 1.55 bits per heavy atom. The molecule has 1 rings (SSSR count). The summed E-state index contributed by atoms with van der Waals surface area (Å²) in [6, 6.07) is 0.778. The summed E-state index contributed by atoms with van der Waals surface area (Å²) < 4.78 is 0. The number of hydrogen-bond acceptors (Lipinski definition) is 1. The molecule has 0 aromatic rings. The first-order valence-corrected chi connectivity index (χ1v) is 4.58. The van der Waals surface area contributed by atoms with Crippen LogP contribution in [-0.2, 0) is 0 Å². The second kappa shape index (κ2) is 3.91. The van der Waals surface area contributed by atoms with Crippen molar-refractivity contribution in [1.29, 1.82) is 0 Å². The standard InChI is InChI=1S/C10H19N/c1-4-5-11-10-6-9(7-10)8(2)3/h4,8-11H,1,5-7H2,2-3H3. The Morgan fingerprint density at radius 2 is 2.18 bits per heavy atom. The van der Waals surface area contributed by atoms with E-state index in [0.29, 0.717) is 0 Å². The molecule has 1 aliphatic carbocycles. The van der Waals surface area contributed by atoms with Crippen LogP contribution >= 0.6 is 0 Å². The van der Waals surface area contributed by atoms with E-state index in [0.717, 1.165) is 24.4 Å². The number of nitrogens with one attached hydrogen (secondary N) is 1. The van der Waals surface area contributed by atoms with Gasteiger partial charge < -0.3 is 5.32 Å². The summed E-state index contributed by atoms with van der Waals surface area (Å²) in [7, 11) is 0. The van der Waals surface area contributed by atoms with Crippen LogP contribution in [0.4, 0.5) is 0 Å². The predicted octanol–water partition coefficient (Wildman–Crippen LogP) is 2.20. The second-order valence-electron chi connectivity index (χ2n) is 3.87. The largest absolute Gasteiger partial charge is 0.311 e. The van der Waals surface area contributed by atoms with Gasteiger partial charge in [0.2, 0.25) is 0 Å². The number of hydrogen-bond donors (Lipinski definition) is 1. The van der Waals surface area contributed by atoms with Crippen LogP contribution in [0.5, 0.6) is 0 Å². The van der Waals surface area contributed by atoms with Crippen LogP contribution in [-0.4, -0.2) is 12.6 Å². The lowest BCUT2D eigenvalue weighted by atomic mass is 9.74. The highest BCUT2D eigenvalue weighted by atomic mass is 14.9. The molecule has 1 saturated carbocycles. The molecule has 0 aromatic heterocycles. The molecule has 1 fully saturated rings. The zero-order valence-electron chi connectivity index (χ0n) is 7.64. The maximum atomic E-state index is 3.68. The molecule has 0 saturated heterocycles. The highest BCUT2D eigenvalue weighted by Gasteiger charge is 2.29. The maximum Gasteiger partial charge on any atom is 0.0134 e. The third kappa shape index (κ3) is 2.33. The van der Waals surface area contributed by atoms with Gasteiger partial charge >= 0.3 is 0 Å². The molecule has 0 atom stereocenters. The lowest BCUT2D eigenvalue weighted by Gasteiger charge is -2.38. The molecule has 0 radical (unpaired) electrons. The van der Waals surface area contributed by atoms with E-state index >= 15 is 0 Å². The van der Waals surface area contributed by atoms with Crippen LogP contribution in [0.25, 0.3) is 0 Å². The van der Waals surface area contributed by atoms with Gasteiger partial charge in [0.05, 0.1) is 0 Å². The van der Waals surface area contributed by atoms with Crippen molar-refractivity contribution in [2.75, 3.05) is 6.54 Å². The molecular weight excluding hydrogens is 134 g/mol. The minimum atomic E-state index is 0.778. The Kier molecular flexibility index (Phi) is 3.13. The molecule has 0 unspecified atom stereocenters. The van der Waals surface area contributed by atoms with Gasteiger partial charge in [-0.3, -0.25) is 0 Å². The van der Waals surface area contributed by atoms with E-state index in [1.807, 2.05) is 6.08 Å². The zero-order chi connectivity index (χ0) is 8.27. The SMILES string of the molecule is C=CCNC1CC(C(C)C)C1. The summed E-state index contributed by atoms with van der Waals surface area (Å²) in [6.45, 7) is 9.28. The molecule has 1 aliphatic rings. The van der Waals surface area contributed by atoms with E-state index in [-0.39, 0.29) is 0 Å². The lowest BCUT2D eigenvalue weighted by Crippen LogP contribution is -2.42. The summed E-state index contributed by atoms with van der Waals surface area (Å²) in [5, 5.41) is 3.44. The van der Waals surface area contributed by atoms with E-state index in [4.69, 9.17) is 0 Å². The third-order valence-electron chi connectivity index (χ3n) is 2.67. The van der Waals surface area contributed by atoms with Crippen LogP contribution in [0.15, 0.2) is 12.7 Å². The van der Waals surface area contributed by atoms with E-state index in [9.17, 15) is 0 Å². The Hall–Kier alpha value is -0.300. The van der Waals surface area contributed by atoms with Gasteiger partial charge in [-0.1, -0.05) is 19.9 Å². The molecule has 1 N–H and O–H groups in total. The third-order valence-corrected chi connectivity index (χ3v) is 2.67. The van der Waals surface area contributed by atoms with E-state index in [2.05, 4.69) is 25.7 Å². The van der Waals surface area contributed by atoms with Gasteiger partial charge in [0, 0.05) is 12.6 Å². The molecule has 1 heteroatoms. The maximum absolute atomic E-state index is 3.68. The molecule has 0 aliphatic heterocycles. The van der Waals surface area contributed by atoms with Crippen LogP contribution in [0.3, 0.4) is 0 Å². The van der Waals surface area contributed by atoms with Crippen LogP contribution in [0, 0.1) is 11.8 Å². The Labute approximate surface area is 69.9 Å². The van der Waals surface area contributed by atoms with Crippen molar-refractivity contribution < 1.29 is 0 Å². The van der Waals surface area contributed by atoms with Gasteiger partial charge in [-0.25, -0.2) is 0 Å². The average Bonchev–Trinajstić information content (AvgIpc) is 1.84. The average molecular weight is 153 g/mol. The van der Waals surface area contributed by atoms with E-state index < -0.39 is 0 Å². The lowest BCUT2D eigenvalue weighted by molar-refractivity contribution is 0.172. The Bertz CT molecular complexity index is 123. The molecule has 11 heavy (non-hydrogen) atoms. The van der Waals surface area contributed by atoms with Crippen molar-refractivity contribution in [3.05, 3.63) is 12.7 Å². The molecule has 0 spiro atoms. The van der Waals surface area contributed by atoms with Crippen LogP contribution in [0.1, 0.15) is 26.7 Å². The fourth-order valence-electron chi connectivity index (χ4n) is 1.62. The highest BCUT2D eigenvalue weighted by Crippen LogP contribution is 2.33. The zero-order valence-corrected chi connectivity index (χ0v) is 7.64. The van der Waals surface area contributed by atoms with Gasteiger partial charge in [-0.15, -0.1) is 6.58 Å².